The van der Waals surface area contributed by atoms with Crippen LogP contribution in [0.2, 0.25) is 0 Å². The van der Waals surface area contributed by atoms with Gasteiger partial charge in [-0.2, -0.15) is 0 Å². The smallest absolute Gasteiger partial charge is 0.137 e. The van der Waals surface area contributed by atoms with Gasteiger partial charge in [-0.1, -0.05) is 12.1 Å². The van der Waals surface area contributed by atoms with E-state index in [4.69, 9.17) is 4.52 Å². The Kier molecular flexibility index (Phi) is 4.11. The number of hydrogen-bond donors (Lipinski definition) is 0. The molecule has 106 valence electrons. The molecule has 0 radical (unpaired) electrons. The molecule has 0 unspecified atom stereocenters. The van der Waals surface area contributed by atoms with E-state index in [1.807, 2.05) is 12.4 Å². The molecule has 0 aromatic carbocycles. The van der Waals surface area contributed by atoms with Gasteiger partial charge in [0, 0.05) is 31.4 Å². The zero-order chi connectivity index (χ0) is 13.8. The van der Waals surface area contributed by atoms with E-state index in [1.54, 1.807) is 0 Å². The highest BCUT2D eigenvalue weighted by Gasteiger charge is 2.28. The van der Waals surface area contributed by atoms with E-state index in [1.165, 1.54) is 18.4 Å². The Morgan fingerprint density at radius 2 is 2.20 bits per heavy atom. The van der Waals surface area contributed by atoms with E-state index < -0.39 is 0 Å². The van der Waals surface area contributed by atoms with Crippen molar-refractivity contribution in [1.29, 1.82) is 0 Å². The van der Waals surface area contributed by atoms with Crippen LogP contribution in [-0.4, -0.2) is 21.6 Å². The van der Waals surface area contributed by atoms with Gasteiger partial charge in [0.15, 0.2) is 0 Å². The van der Waals surface area contributed by atoms with Crippen LogP contribution in [0.4, 0.5) is 0 Å². The van der Waals surface area contributed by atoms with E-state index in [0.29, 0.717) is 6.04 Å². The number of aromatic nitrogens is 2. The van der Waals surface area contributed by atoms with Crippen LogP contribution < -0.4 is 0 Å². The minimum absolute atomic E-state index is 0.400. The summed E-state index contributed by atoms with van der Waals surface area (Å²) >= 11 is 0. The molecular formula is C16H21N3O. The van der Waals surface area contributed by atoms with Gasteiger partial charge < -0.3 is 4.52 Å². The summed E-state index contributed by atoms with van der Waals surface area (Å²) in [6, 6.07) is 6.71. The molecule has 0 amide bonds. The van der Waals surface area contributed by atoms with Crippen molar-refractivity contribution in [3.05, 3.63) is 47.6 Å². The van der Waals surface area contributed by atoms with Crippen molar-refractivity contribution in [2.75, 3.05) is 6.54 Å². The Labute approximate surface area is 119 Å². The molecule has 20 heavy (non-hydrogen) atoms. The standard InChI is InChI=1S/C16H21N3O/c1-2-4-14-11-15(18-20-14)16-5-3-10-19(16)12-13-6-8-17-9-7-13/h6-9,11,16H,2-5,10,12H2,1H3/t16-/m0/s1. The molecule has 0 N–H and O–H groups in total. The van der Waals surface area contributed by atoms with Crippen LogP contribution in [0.15, 0.2) is 35.1 Å². The summed E-state index contributed by atoms with van der Waals surface area (Å²) in [6.45, 7) is 4.25. The van der Waals surface area contributed by atoms with E-state index in [9.17, 15) is 0 Å². The zero-order valence-electron chi connectivity index (χ0n) is 12.0. The van der Waals surface area contributed by atoms with E-state index in [2.05, 4.69) is 40.2 Å². The highest BCUT2D eigenvalue weighted by molar-refractivity contribution is 5.14. The quantitative estimate of drug-likeness (QED) is 0.836. The molecule has 1 aliphatic heterocycles. The first kappa shape index (κ1) is 13.3. The van der Waals surface area contributed by atoms with Gasteiger partial charge in [-0.25, -0.2) is 0 Å². The largest absolute Gasteiger partial charge is 0.361 e. The first-order chi connectivity index (χ1) is 9.86. The van der Waals surface area contributed by atoms with Crippen LogP contribution in [-0.2, 0) is 13.0 Å². The second-order valence-corrected chi connectivity index (χ2v) is 5.45. The van der Waals surface area contributed by atoms with Crippen LogP contribution >= 0.6 is 0 Å². The predicted octanol–water partition coefficient (Wildman–Crippen LogP) is 3.36. The van der Waals surface area contributed by atoms with E-state index >= 15 is 0 Å². The SMILES string of the molecule is CCCc1cc([C@@H]2CCCN2Cc2ccncc2)no1. The Morgan fingerprint density at radius 1 is 1.35 bits per heavy atom. The molecule has 4 nitrogen and oxygen atoms in total. The molecule has 1 fully saturated rings. The summed E-state index contributed by atoms with van der Waals surface area (Å²) in [6.07, 6.45) is 8.19. The third-order valence-corrected chi connectivity index (χ3v) is 3.91. The molecular weight excluding hydrogens is 250 g/mol. The highest BCUT2D eigenvalue weighted by Crippen LogP contribution is 2.32. The van der Waals surface area contributed by atoms with Crippen molar-refractivity contribution >= 4 is 0 Å². The molecule has 3 rings (SSSR count). The van der Waals surface area contributed by atoms with Crippen molar-refractivity contribution < 1.29 is 4.52 Å². The fourth-order valence-corrected chi connectivity index (χ4v) is 2.92. The van der Waals surface area contributed by atoms with Crippen molar-refractivity contribution in [1.82, 2.24) is 15.0 Å². The lowest BCUT2D eigenvalue weighted by Gasteiger charge is -2.22. The van der Waals surface area contributed by atoms with Gasteiger partial charge >= 0.3 is 0 Å². The summed E-state index contributed by atoms with van der Waals surface area (Å²) in [4.78, 5) is 6.56. The second-order valence-electron chi connectivity index (χ2n) is 5.45. The van der Waals surface area contributed by atoms with Crippen LogP contribution in [0.5, 0.6) is 0 Å². The molecule has 3 heterocycles. The van der Waals surface area contributed by atoms with Gasteiger partial charge in [-0.05, 0) is 43.5 Å². The highest BCUT2D eigenvalue weighted by atomic mass is 16.5. The minimum atomic E-state index is 0.400. The second kappa shape index (κ2) is 6.18. The van der Waals surface area contributed by atoms with Gasteiger partial charge in [-0.3, -0.25) is 9.88 Å². The molecule has 0 bridgehead atoms. The van der Waals surface area contributed by atoms with Crippen LogP contribution in [0, 0.1) is 0 Å². The van der Waals surface area contributed by atoms with Crippen molar-refractivity contribution in [2.24, 2.45) is 0 Å². The normalized spacial score (nSPS) is 19.6. The number of rotatable bonds is 5. The third kappa shape index (κ3) is 2.90. The number of likely N-dealkylation sites (tertiary alicyclic amines) is 1. The first-order valence-electron chi connectivity index (χ1n) is 7.45. The number of aryl methyl sites for hydroxylation is 1. The molecule has 1 atom stereocenters. The molecule has 2 aromatic rings. The molecule has 1 aliphatic rings. The van der Waals surface area contributed by atoms with Crippen LogP contribution in [0.25, 0.3) is 0 Å². The lowest BCUT2D eigenvalue weighted by molar-refractivity contribution is 0.236. The van der Waals surface area contributed by atoms with Crippen LogP contribution in [0.3, 0.4) is 0 Å². The topological polar surface area (TPSA) is 42.2 Å². The monoisotopic (exact) mass is 271 g/mol. The average Bonchev–Trinajstić information content (AvgIpc) is 3.09. The van der Waals surface area contributed by atoms with Crippen molar-refractivity contribution in [3.63, 3.8) is 0 Å². The van der Waals surface area contributed by atoms with Gasteiger partial charge in [0.2, 0.25) is 0 Å². The predicted molar refractivity (Wildman–Crippen MR) is 77.1 cm³/mol. The molecule has 0 aliphatic carbocycles. The lowest BCUT2D eigenvalue weighted by Crippen LogP contribution is -2.22. The van der Waals surface area contributed by atoms with Gasteiger partial charge in [-0.15, -0.1) is 0 Å². The van der Waals surface area contributed by atoms with E-state index in [0.717, 1.165) is 37.4 Å². The summed E-state index contributed by atoms with van der Waals surface area (Å²) < 4.78 is 5.43. The van der Waals surface area contributed by atoms with Crippen molar-refractivity contribution in [3.8, 4) is 0 Å². The van der Waals surface area contributed by atoms with Crippen molar-refractivity contribution in [2.45, 2.75) is 45.2 Å². The summed E-state index contributed by atoms with van der Waals surface area (Å²) in [7, 11) is 0. The number of pyridine rings is 1. The zero-order valence-corrected chi connectivity index (χ0v) is 12.0. The molecule has 4 heteroatoms. The van der Waals surface area contributed by atoms with Gasteiger partial charge in [0.1, 0.15) is 11.5 Å². The average molecular weight is 271 g/mol. The molecule has 0 saturated carbocycles. The minimum Gasteiger partial charge on any atom is -0.361 e. The van der Waals surface area contributed by atoms with Gasteiger partial charge in [0.05, 0.1) is 6.04 Å². The fraction of sp³-hybridized carbons (Fsp3) is 0.500. The Bertz CT molecular complexity index is 538. The maximum absolute atomic E-state index is 5.43. The molecule has 2 aromatic heterocycles. The Morgan fingerprint density at radius 3 is 3.00 bits per heavy atom. The number of hydrogen-bond acceptors (Lipinski definition) is 4. The maximum Gasteiger partial charge on any atom is 0.137 e. The summed E-state index contributed by atoms with van der Waals surface area (Å²) in [5, 5.41) is 4.28. The Balaban J connectivity index is 1.71. The van der Waals surface area contributed by atoms with Gasteiger partial charge in [0.25, 0.3) is 0 Å². The maximum atomic E-state index is 5.43. The molecule has 1 saturated heterocycles. The van der Waals surface area contributed by atoms with Crippen LogP contribution in [0.1, 0.15) is 49.2 Å². The third-order valence-electron chi connectivity index (χ3n) is 3.91. The fourth-order valence-electron chi connectivity index (χ4n) is 2.92. The first-order valence-corrected chi connectivity index (χ1v) is 7.45. The van der Waals surface area contributed by atoms with E-state index in [-0.39, 0.29) is 0 Å². The molecule has 0 spiro atoms. The Hall–Kier alpha value is -1.68. The summed E-state index contributed by atoms with van der Waals surface area (Å²) in [5.74, 6) is 1.01. The summed E-state index contributed by atoms with van der Waals surface area (Å²) in [5.41, 5.74) is 2.41. The lowest BCUT2D eigenvalue weighted by atomic mass is 10.1. The number of nitrogens with zero attached hydrogens (tertiary/aromatic N) is 3.